The first-order valence-corrected chi connectivity index (χ1v) is 3.62. The number of carbonyl (C=O) groups is 2. The summed E-state index contributed by atoms with van der Waals surface area (Å²) in [6, 6.07) is 0. The number of carbonyl (C=O) groups excluding carboxylic acids is 2. The number of hydrogen-bond donors (Lipinski definition) is 0. The Morgan fingerprint density at radius 2 is 1.58 bits per heavy atom. The molecule has 12 heavy (non-hydrogen) atoms. The molecule has 0 saturated heterocycles. The first kappa shape index (κ1) is 10.6. The molecule has 0 N–H and O–H groups in total. The molecule has 2 nitrogen and oxygen atoms in total. The molecule has 0 amide bonds. The van der Waals surface area contributed by atoms with Gasteiger partial charge >= 0.3 is 0 Å². The molecular weight excluding hydrogens is 152 g/mol. The van der Waals surface area contributed by atoms with Crippen LogP contribution < -0.4 is 0 Å². The SMILES string of the molecule is C=CC(=O)C(C=CC)C(=O)C=C. The van der Waals surface area contributed by atoms with Gasteiger partial charge in [0.25, 0.3) is 0 Å². The van der Waals surface area contributed by atoms with Crippen molar-refractivity contribution in [2.45, 2.75) is 6.92 Å². The van der Waals surface area contributed by atoms with E-state index in [1.807, 2.05) is 0 Å². The van der Waals surface area contributed by atoms with Crippen molar-refractivity contribution >= 4 is 11.6 Å². The van der Waals surface area contributed by atoms with Crippen LogP contribution in [0.15, 0.2) is 37.5 Å². The second kappa shape index (κ2) is 5.24. The van der Waals surface area contributed by atoms with Crippen LogP contribution in [0.2, 0.25) is 0 Å². The van der Waals surface area contributed by atoms with Crippen LogP contribution in [0.5, 0.6) is 0 Å². The smallest absolute Gasteiger partial charge is 0.169 e. The normalized spacial score (nSPS) is 10.2. The molecule has 64 valence electrons. The molecule has 0 aromatic heterocycles. The fraction of sp³-hybridized carbons (Fsp3) is 0.200. The van der Waals surface area contributed by atoms with Crippen molar-refractivity contribution in [1.82, 2.24) is 0 Å². The minimum absolute atomic E-state index is 0.294. The van der Waals surface area contributed by atoms with Crippen molar-refractivity contribution in [3.63, 3.8) is 0 Å². The highest BCUT2D eigenvalue weighted by atomic mass is 16.1. The quantitative estimate of drug-likeness (QED) is 0.352. The molecule has 0 fully saturated rings. The van der Waals surface area contributed by atoms with Gasteiger partial charge in [0.15, 0.2) is 11.6 Å². The molecule has 0 radical (unpaired) electrons. The van der Waals surface area contributed by atoms with Crippen LogP contribution in [0.25, 0.3) is 0 Å². The zero-order valence-corrected chi connectivity index (χ0v) is 7.12. The third-order valence-corrected chi connectivity index (χ3v) is 1.40. The van der Waals surface area contributed by atoms with E-state index >= 15 is 0 Å². The Kier molecular flexibility index (Phi) is 4.61. The fourth-order valence-corrected chi connectivity index (χ4v) is 0.776. The second-order valence-corrected chi connectivity index (χ2v) is 2.22. The van der Waals surface area contributed by atoms with E-state index in [2.05, 4.69) is 13.2 Å². The van der Waals surface area contributed by atoms with Crippen molar-refractivity contribution in [2.24, 2.45) is 5.92 Å². The van der Waals surface area contributed by atoms with E-state index in [0.29, 0.717) is 0 Å². The van der Waals surface area contributed by atoms with Gasteiger partial charge in [-0.2, -0.15) is 0 Å². The van der Waals surface area contributed by atoms with Crippen molar-refractivity contribution in [3.05, 3.63) is 37.5 Å². The highest BCUT2D eigenvalue weighted by molar-refractivity contribution is 6.12. The molecule has 0 aliphatic heterocycles. The Bertz CT molecular complexity index is 216. The molecule has 0 aliphatic rings. The lowest BCUT2D eigenvalue weighted by molar-refractivity contribution is -0.125. The molecule has 0 spiro atoms. The Labute approximate surface area is 72.3 Å². The predicted octanol–water partition coefficient (Wildman–Crippen LogP) is 1.69. The van der Waals surface area contributed by atoms with Gasteiger partial charge in [0.1, 0.15) is 5.92 Å². The monoisotopic (exact) mass is 164 g/mol. The lowest BCUT2D eigenvalue weighted by atomic mass is 9.98. The Hall–Kier alpha value is -1.44. The molecule has 0 aliphatic carbocycles. The van der Waals surface area contributed by atoms with E-state index in [0.717, 1.165) is 12.2 Å². The van der Waals surface area contributed by atoms with Crippen molar-refractivity contribution in [1.29, 1.82) is 0 Å². The van der Waals surface area contributed by atoms with Crippen molar-refractivity contribution in [3.8, 4) is 0 Å². The maximum absolute atomic E-state index is 11.1. The third-order valence-electron chi connectivity index (χ3n) is 1.40. The van der Waals surface area contributed by atoms with Gasteiger partial charge < -0.3 is 0 Å². The van der Waals surface area contributed by atoms with E-state index in [1.165, 1.54) is 6.08 Å². The Morgan fingerprint density at radius 1 is 1.17 bits per heavy atom. The summed E-state index contributed by atoms with van der Waals surface area (Å²) >= 11 is 0. The van der Waals surface area contributed by atoms with E-state index in [9.17, 15) is 9.59 Å². The van der Waals surface area contributed by atoms with Gasteiger partial charge in [0.2, 0.25) is 0 Å². The van der Waals surface area contributed by atoms with E-state index in [-0.39, 0.29) is 11.6 Å². The molecule has 0 unspecified atom stereocenters. The molecule has 0 aromatic rings. The van der Waals surface area contributed by atoms with Gasteiger partial charge in [-0.1, -0.05) is 25.3 Å². The molecular formula is C10H12O2. The predicted molar refractivity (Wildman–Crippen MR) is 48.7 cm³/mol. The van der Waals surface area contributed by atoms with Gasteiger partial charge in [0, 0.05) is 0 Å². The fourth-order valence-electron chi connectivity index (χ4n) is 0.776. The zero-order chi connectivity index (χ0) is 9.56. The molecule has 2 heteroatoms. The first-order valence-electron chi connectivity index (χ1n) is 3.62. The highest BCUT2D eigenvalue weighted by Gasteiger charge is 2.17. The van der Waals surface area contributed by atoms with E-state index in [1.54, 1.807) is 13.0 Å². The summed E-state index contributed by atoms with van der Waals surface area (Å²) in [6.07, 6.45) is 5.49. The van der Waals surface area contributed by atoms with Crippen molar-refractivity contribution in [2.75, 3.05) is 0 Å². The highest BCUT2D eigenvalue weighted by Crippen LogP contribution is 2.04. The van der Waals surface area contributed by atoms with Crippen LogP contribution in [-0.2, 0) is 9.59 Å². The summed E-state index contributed by atoms with van der Waals surface area (Å²) in [7, 11) is 0. The standard InChI is InChI=1S/C10H12O2/c1-4-7-8(9(11)5-2)10(12)6-3/h4-8H,2-3H2,1H3. The third kappa shape index (κ3) is 2.66. The van der Waals surface area contributed by atoms with Gasteiger partial charge in [0.05, 0.1) is 0 Å². The first-order chi connectivity index (χ1) is 5.67. The average Bonchev–Trinajstić information content (AvgIpc) is 2.11. The summed E-state index contributed by atoms with van der Waals surface area (Å²) < 4.78 is 0. The largest absolute Gasteiger partial charge is 0.294 e. The molecule has 0 atom stereocenters. The zero-order valence-electron chi connectivity index (χ0n) is 7.12. The summed E-state index contributed by atoms with van der Waals surface area (Å²) in [5.41, 5.74) is 0. The van der Waals surface area contributed by atoms with E-state index < -0.39 is 5.92 Å². The Morgan fingerprint density at radius 3 is 1.83 bits per heavy atom. The average molecular weight is 164 g/mol. The maximum Gasteiger partial charge on any atom is 0.169 e. The number of allylic oxidation sites excluding steroid dienone is 4. The number of rotatable bonds is 5. The molecule has 0 bridgehead atoms. The summed E-state index contributed by atoms with van der Waals surface area (Å²) in [5, 5.41) is 0. The lowest BCUT2D eigenvalue weighted by Crippen LogP contribution is -2.18. The minimum atomic E-state index is -0.731. The summed E-state index contributed by atoms with van der Waals surface area (Å²) in [4.78, 5) is 22.1. The molecule has 0 saturated carbocycles. The van der Waals surface area contributed by atoms with Crippen LogP contribution in [0.4, 0.5) is 0 Å². The van der Waals surface area contributed by atoms with Gasteiger partial charge in [-0.05, 0) is 19.1 Å². The molecule has 0 heterocycles. The van der Waals surface area contributed by atoms with Crippen LogP contribution in [0.3, 0.4) is 0 Å². The maximum atomic E-state index is 11.1. The minimum Gasteiger partial charge on any atom is -0.294 e. The van der Waals surface area contributed by atoms with Crippen LogP contribution in [-0.4, -0.2) is 11.6 Å². The lowest BCUT2D eigenvalue weighted by Gasteiger charge is -2.02. The topological polar surface area (TPSA) is 34.1 Å². The number of hydrogen-bond acceptors (Lipinski definition) is 2. The van der Waals surface area contributed by atoms with E-state index in [4.69, 9.17) is 0 Å². The Balaban J connectivity index is 4.64. The van der Waals surface area contributed by atoms with Gasteiger partial charge in [-0.15, -0.1) is 0 Å². The summed E-state index contributed by atoms with van der Waals surface area (Å²) in [5.74, 6) is -1.32. The molecule has 0 aromatic carbocycles. The summed E-state index contributed by atoms with van der Waals surface area (Å²) in [6.45, 7) is 8.37. The second-order valence-electron chi connectivity index (χ2n) is 2.22. The van der Waals surface area contributed by atoms with Crippen LogP contribution in [0.1, 0.15) is 6.92 Å². The molecule has 0 rings (SSSR count). The van der Waals surface area contributed by atoms with Crippen molar-refractivity contribution < 1.29 is 9.59 Å². The van der Waals surface area contributed by atoms with Gasteiger partial charge in [-0.25, -0.2) is 0 Å². The van der Waals surface area contributed by atoms with Gasteiger partial charge in [-0.3, -0.25) is 9.59 Å². The van der Waals surface area contributed by atoms with Crippen LogP contribution >= 0.6 is 0 Å². The number of ketones is 2. The van der Waals surface area contributed by atoms with Crippen LogP contribution in [0, 0.1) is 5.92 Å².